The normalized spacial score (nSPS) is 15.7. The smallest absolute Gasteiger partial charge is 0.321 e. The molecule has 3 N–H and O–H groups in total. The second kappa shape index (κ2) is 7.49. The number of carbonyl (C=O) groups excluding carboxylic acids is 2. The second-order valence-corrected chi connectivity index (χ2v) is 5.19. The SMILES string of the molecule is C=CCNC(=O)[C@@H](C)Nc1cccc(N2CCCNC2=O)c1. The summed E-state index contributed by atoms with van der Waals surface area (Å²) in [6.07, 6.45) is 2.56. The second-order valence-electron chi connectivity index (χ2n) is 5.19. The van der Waals surface area contributed by atoms with Crippen molar-refractivity contribution < 1.29 is 9.59 Å². The zero-order valence-electron chi connectivity index (χ0n) is 12.8. The lowest BCUT2D eigenvalue weighted by molar-refractivity contribution is -0.121. The highest BCUT2D eigenvalue weighted by atomic mass is 16.2. The van der Waals surface area contributed by atoms with Gasteiger partial charge < -0.3 is 16.0 Å². The van der Waals surface area contributed by atoms with Gasteiger partial charge in [0.2, 0.25) is 5.91 Å². The highest BCUT2D eigenvalue weighted by molar-refractivity contribution is 5.93. The van der Waals surface area contributed by atoms with Gasteiger partial charge in [0, 0.05) is 31.0 Å². The summed E-state index contributed by atoms with van der Waals surface area (Å²) in [6.45, 7) is 7.22. The Balaban J connectivity index is 2.03. The molecule has 1 aliphatic heterocycles. The minimum Gasteiger partial charge on any atom is -0.374 e. The highest BCUT2D eigenvalue weighted by Crippen LogP contribution is 2.21. The number of rotatable bonds is 6. The predicted octanol–water partition coefficient (Wildman–Crippen LogP) is 1.71. The number of amides is 3. The van der Waals surface area contributed by atoms with Crippen LogP contribution in [0.4, 0.5) is 16.2 Å². The average molecular weight is 302 g/mol. The Morgan fingerprint density at radius 2 is 2.36 bits per heavy atom. The molecule has 1 heterocycles. The highest BCUT2D eigenvalue weighted by Gasteiger charge is 2.19. The Kier molecular flexibility index (Phi) is 5.41. The third-order valence-electron chi connectivity index (χ3n) is 3.43. The van der Waals surface area contributed by atoms with Crippen molar-refractivity contribution in [2.75, 3.05) is 29.9 Å². The fourth-order valence-corrected chi connectivity index (χ4v) is 2.28. The molecule has 0 spiro atoms. The maximum Gasteiger partial charge on any atom is 0.321 e. The lowest BCUT2D eigenvalue weighted by Crippen LogP contribution is -2.46. The number of carbonyl (C=O) groups is 2. The first kappa shape index (κ1) is 15.9. The molecule has 0 unspecified atom stereocenters. The molecule has 3 amide bonds. The van der Waals surface area contributed by atoms with Gasteiger partial charge in [0.25, 0.3) is 0 Å². The van der Waals surface area contributed by atoms with Gasteiger partial charge in [0.1, 0.15) is 6.04 Å². The average Bonchev–Trinajstić information content (AvgIpc) is 2.53. The molecule has 2 rings (SSSR count). The maximum absolute atomic E-state index is 11.9. The summed E-state index contributed by atoms with van der Waals surface area (Å²) in [4.78, 5) is 25.4. The van der Waals surface area contributed by atoms with Crippen molar-refractivity contribution in [1.29, 1.82) is 0 Å². The van der Waals surface area contributed by atoms with Crippen LogP contribution in [0, 0.1) is 0 Å². The van der Waals surface area contributed by atoms with Crippen LogP contribution in [0.5, 0.6) is 0 Å². The van der Waals surface area contributed by atoms with Crippen LogP contribution in [0.2, 0.25) is 0 Å². The topological polar surface area (TPSA) is 73.5 Å². The van der Waals surface area contributed by atoms with E-state index in [1.54, 1.807) is 17.9 Å². The first-order valence-corrected chi connectivity index (χ1v) is 7.42. The van der Waals surface area contributed by atoms with Crippen molar-refractivity contribution in [3.63, 3.8) is 0 Å². The standard InChI is InChI=1S/C16H22N4O2/c1-3-8-17-15(21)12(2)19-13-6-4-7-14(11-13)20-10-5-9-18-16(20)22/h3-4,6-7,11-12,19H,1,5,8-10H2,2H3,(H,17,21)(H,18,22)/t12-/m1/s1. The monoisotopic (exact) mass is 302 g/mol. The van der Waals surface area contributed by atoms with Crippen LogP contribution in [0.3, 0.4) is 0 Å². The van der Waals surface area contributed by atoms with E-state index in [9.17, 15) is 9.59 Å². The summed E-state index contributed by atoms with van der Waals surface area (Å²) in [5, 5.41) is 8.71. The van der Waals surface area contributed by atoms with Gasteiger partial charge in [-0.1, -0.05) is 12.1 Å². The third-order valence-corrected chi connectivity index (χ3v) is 3.43. The van der Waals surface area contributed by atoms with E-state index < -0.39 is 0 Å². The fourth-order valence-electron chi connectivity index (χ4n) is 2.28. The van der Waals surface area contributed by atoms with E-state index in [4.69, 9.17) is 0 Å². The van der Waals surface area contributed by atoms with Gasteiger partial charge >= 0.3 is 6.03 Å². The number of hydrogen-bond donors (Lipinski definition) is 3. The zero-order chi connectivity index (χ0) is 15.9. The molecule has 1 aliphatic rings. The van der Waals surface area contributed by atoms with Crippen LogP contribution in [-0.4, -0.2) is 37.6 Å². The molecule has 0 aliphatic carbocycles. The summed E-state index contributed by atoms with van der Waals surface area (Å²) >= 11 is 0. The molecule has 6 heteroatoms. The number of nitrogens with zero attached hydrogens (tertiary/aromatic N) is 1. The Hall–Kier alpha value is -2.50. The van der Waals surface area contributed by atoms with Crippen LogP contribution in [0.1, 0.15) is 13.3 Å². The van der Waals surface area contributed by atoms with E-state index in [2.05, 4.69) is 22.5 Å². The Morgan fingerprint density at radius 3 is 3.09 bits per heavy atom. The first-order chi connectivity index (χ1) is 10.6. The summed E-state index contributed by atoms with van der Waals surface area (Å²) in [5.41, 5.74) is 1.62. The first-order valence-electron chi connectivity index (χ1n) is 7.42. The molecule has 0 saturated carbocycles. The Morgan fingerprint density at radius 1 is 1.55 bits per heavy atom. The fraction of sp³-hybridized carbons (Fsp3) is 0.375. The minimum absolute atomic E-state index is 0.0832. The molecular weight excluding hydrogens is 280 g/mol. The van der Waals surface area contributed by atoms with E-state index >= 15 is 0 Å². The number of nitrogens with one attached hydrogen (secondary N) is 3. The van der Waals surface area contributed by atoms with Crippen molar-refractivity contribution in [1.82, 2.24) is 10.6 Å². The predicted molar refractivity (Wildman–Crippen MR) is 88.1 cm³/mol. The Bertz CT molecular complexity index is 559. The number of anilines is 2. The lowest BCUT2D eigenvalue weighted by atomic mass is 10.2. The molecule has 0 bridgehead atoms. The van der Waals surface area contributed by atoms with E-state index in [-0.39, 0.29) is 18.0 Å². The van der Waals surface area contributed by atoms with Crippen LogP contribution in [0.25, 0.3) is 0 Å². The molecule has 1 aromatic rings. The van der Waals surface area contributed by atoms with Crippen LogP contribution in [-0.2, 0) is 4.79 Å². The summed E-state index contributed by atoms with van der Waals surface area (Å²) in [7, 11) is 0. The zero-order valence-corrected chi connectivity index (χ0v) is 12.8. The number of benzene rings is 1. The number of hydrogen-bond acceptors (Lipinski definition) is 3. The van der Waals surface area contributed by atoms with Crippen LogP contribution >= 0.6 is 0 Å². The van der Waals surface area contributed by atoms with Crippen molar-refractivity contribution in [3.8, 4) is 0 Å². The molecule has 118 valence electrons. The number of urea groups is 1. The maximum atomic E-state index is 11.9. The largest absolute Gasteiger partial charge is 0.374 e. The molecule has 0 aromatic heterocycles. The van der Waals surface area contributed by atoms with E-state index in [0.717, 1.165) is 17.8 Å². The van der Waals surface area contributed by atoms with E-state index in [0.29, 0.717) is 19.6 Å². The van der Waals surface area contributed by atoms with Crippen molar-refractivity contribution >= 4 is 23.3 Å². The Labute approximate surface area is 130 Å². The molecule has 1 fully saturated rings. The van der Waals surface area contributed by atoms with Crippen molar-refractivity contribution in [3.05, 3.63) is 36.9 Å². The van der Waals surface area contributed by atoms with Gasteiger partial charge in [-0.05, 0) is 31.5 Å². The third kappa shape index (κ3) is 4.00. The van der Waals surface area contributed by atoms with Crippen molar-refractivity contribution in [2.24, 2.45) is 0 Å². The van der Waals surface area contributed by atoms with Gasteiger partial charge in [-0.25, -0.2) is 4.79 Å². The van der Waals surface area contributed by atoms with Gasteiger partial charge in [-0.3, -0.25) is 9.69 Å². The molecule has 6 nitrogen and oxygen atoms in total. The van der Waals surface area contributed by atoms with E-state index in [1.165, 1.54) is 0 Å². The van der Waals surface area contributed by atoms with E-state index in [1.807, 2.05) is 24.3 Å². The summed E-state index contributed by atoms with van der Waals surface area (Å²) in [6, 6.07) is 7.06. The molecule has 1 atom stereocenters. The summed E-state index contributed by atoms with van der Waals surface area (Å²) < 4.78 is 0. The van der Waals surface area contributed by atoms with Gasteiger partial charge in [-0.2, -0.15) is 0 Å². The van der Waals surface area contributed by atoms with Crippen LogP contribution in [0.15, 0.2) is 36.9 Å². The summed E-state index contributed by atoms with van der Waals surface area (Å²) in [5.74, 6) is -0.0963. The van der Waals surface area contributed by atoms with Gasteiger partial charge in [0.05, 0.1) is 0 Å². The molecule has 1 saturated heterocycles. The molecular formula is C16H22N4O2. The molecule has 0 radical (unpaired) electrons. The van der Waals surface area contributed by atoms with Crippen LogP contribution < -0.4 is 20.9 Å². The molecule has 22 heavy (non-hydrogen) atoms. The molecule has 1 aromatic carbocycles. The van der Waals surface area contributed by atoms with Gasteiger partial charge in [0.15, 0.2) is 0 Å². The van der Waals surface area contributed by atoms with Gasteiger partial charge in [-0.15, -0.1) is 6.58 Å². The minimum atomic E-state index is -0.370. The quantitative estimate of drug-likeness (QED) is 0.700. The van der Waals surface area contributed by atoms with Crippen molar-refractivity contribution in [2.45, 2.75) is 19.4 Å². The lowest BCUT2D eigenvalue weighted by Gasteiger charge is -2.28.